The molecule has 2 aliphatic heterocycles. The number of nitrogens with zero attached hydrogens (tertiary/aromatic N) is 5. The molecule has 2 aliphatic rings. The molecule has 1 atom stereocenters. The average molecular weight is 633 g/mol. The van der Waals surface area contributed by atoms with Crippen molar-refractivity contribution in [3.05, 3.63) is 58.0 Å². The number of aromatic nitrogens is 4. The van der Waals surface area contributed by atoms with E-state index >= 15 is 0 Å². The molecule has 0 amide bonds. The van der Waals surface area contributed by atoms with Gasteiger partial charge in [0.2, 0.25) is 10.0 Å². The number of ether oxygens (including phenoxy) is 2. The standard InChI is InChI=1S/C28H31Cl2N7O4S/c1-16(25-20(29)10-32-11-21(25)30)41-24-6-19-22(7-23(24)40-3)34-35-26(19)17-5-18(8-31-2)27(33-9-17)36-12-28(13-36)14-37(15-28)42(4,38)39/h5-7,9-11,16,31H,8,12-15H2,1-4H3,(H,34,35)/t16-/m1/s1. The number of hydrogen-bond donors (Lipinski definition) is 2. The number of fused-ring (bicyclic) bond motifs is 1. The van der Waals surface area contributed by atoms with E-state index in [0.29, 0.717) is 46.7 Å². The maximum atomic E-state index is 11.8. The lowest BCUT2D eigenvalue weighted by Crippen LogP contribution is -2.73. The molecule has 5 heterocycles. The molecule has 11 nitrogen and oxygen atoms in total. The fourth-order valence-corrected chi connectivity index (χ4v) is 7.53. The molecule has 42 heavy (non-hydrogen) atoms. The second kappa shape index (κ2) is 10.8. The van der Waals surface area contributed by atoms with Gasteiger partial charge in [0.25, 0.3) is 0 Å². The second-order valence-corrected chi connectivity index (χ2v) is 13.8. The molecule has 0 saturated carbocycles. The van der Waals surface area contributed by atoms with Crippen molar-refractivity contribution in [2.45, 2.75) is 19.6 Å². The number of aromatic amines is 1. The van der Waals surface area contributed by atoms with Crippen molar-refractivity contribution in [1.29, 1.82) is 0 Å². The van der Waals surface area contributed by atoms with Gasteiger partial charge < -0.3 is 19.7 Å². The van der Waals surface area contributed by atoms with Crippen LogP contribution in [0.5, 0.6) is 11.5 Å². The fraction of sp³-hybridized carbons (Fsp3) is 0.393. The Morgan fingerprint density at radius 3 is 2.45 bits per heavy atom. The summed E-state index contributed by atoms with van der Waals surface area (Å²) in [7, 11) is 0.330. The maximum Gasteiger partial charge on any atom is 0.211 e. The van der Waals surface area contributed by atoms with Gasteiger partial charge in [0.1, 0.15) is 17.6 Å². The Morgan fingerprint density at radius 2 is 1.81 bits per heavy atom. The molecule has 0 aliphatic carbocycles. The van der Waals surface area contributed by atoms with E-state index in [0.717, 1.165) is 46.6 Å². The molecule has 2 saturated heterocycles. The fourth-order valence-electron chi connectivity index (χ4n) is 5.84. The third kappa shape index (κ3) is 5.15. The monoisotopic (exact) mass is 631 g/mol. The van der Waals surface area contributed by atoms with Crippen molar-refractivity contribution in [2.24, 2.45) is 5.41 Å². The number of hydrogen-bond acceptors (Lipinski definition) is 9. The zero-order valence-corrected chi connectivity index (χ0v) is 25.9. The molecule has 0 bridgehead atoms. The van der Waals surface area contributed by atoms with Crippen LogP contribution in [-0.2, 0) is 16.6 Å². The van der Waals surface area contributed by atoms with Crippen LogP contribution < -0.4 is 19.7 Å². The number of H-pyrrole nitrogens is 1. The van der Waals surface area contributed by atoms with E-state index in [4.69, 9.17) is 37.7 Å². The summed E-state index contributed by atoms with van der Waals surface area (Å²) < 4.78 is 37.1. The highest BCUT2D eigenvalue weighted by Gasteiger charge is 2.54. The van der Waals surface area contributed by atoms with E-state index in [-0.39, 0.29) is 5.41 Å². The summed E-state index contributed by atoms with van der Waals surface area (Å²) in [6.45, 7) is 5.15. The van der Waals surface area contributed by atoms with E-state index in [1.807, 2.05) is 32.3 Å². The van der Waals surface area contributed by atoms with E-state index < -0.39 is 16.1 Å². The summed E-state index contributed by atoms with van der Waals surface area (Å²) in [5.74, 6) is 1.94. The Balaban J connectivity index is 1.29. The smallest absolute Gasteiger partial charge is 0.211 e. The molecule has 2 fully saturated rings. The molecule has 1 spiro atoms. The van der Waals surface area contributed by atoms with Crippen molar-refractivity contribution in [1.82, 2.24) is 29.8 Å². The van der Waals surface area contributed by atoms with Crippen LogP contribution in [0.2, 0.25) is 10.0 Å². The van der Waals surface area contributed by atoms with Crippen LogP contribution in [0.4, 0.5) is 5.82 Å². The van der Waals surface area contributed by atoms with Crippen molar-refractivity contribution in [3.63, 3.8) is 0 Å². The zero-order valence-electron chi connectivity index (χ0n) is 23.6. The first kappa shape index (κ1) is 28.9. The van der Waals surface area contributed by atoms with Gasteiger partial charge in [-0.2, -0.15) is 5.10 Å². The SMILES string of the molecule is CNCc1cc(-c2n[nH]c3cc(OC)c(O[C@H](C)c4c(Cl)cncc4Cl)cc23)cnc1N1CC2(C1)CN(S(C)(=O)=O)C2. The van der Waals surface area contributed by atoms with Crippen LogP contribution in [0, 0.1) is 5.41 Å². The van der Waals surface area contributed by atoms with Crippen molar-refractivity contribution in [2.75, 3.05) is 51.5 Å². The number of benzene rings is 1. The van der Waals surface area contributed by atoms with Crippen LogP contribution in [-0.4, -0.2) is 79.5 Å². The third-order valence-corrected chi connectivity index (χ3v) is 9.67. The van der Waals surface area contributed by atoms with E-state index in [2.05, 4.69) is 31.5 Å². The predicted octanol–water partition coefficient (Wildman–Crippen LogP) is 4.28. The first-order chi connectivity index (χ1) is 20.0. The van der Waals surface area contributed by atoms with Crippen LogP contribution in [0.1, 0.15) is 24.2 Å². The minimum absolute atomic E-state index is 0.00997. The quantitative estimate of drug-likeness (QED) is 0.278. The highest BCUT2D eigenvalue weighted by Crippen LogP contribution is 2.44. The number of pyridine rings is 2. The Morgan fingerprint density at radius 1 is 1.10 bits per heavy atom. The first-order valence-corrected chi connectivity index (χ1v) is 16.0. The molecule has 14 heteroatoms. The van der Waals surface area contributed by atoms with E-state index in [1.54, 1.807) is 7.11 Å². The minimum Gasteiger partial charge on any atom is -0.493 e. The van der Waals surface area contributed by atoms with Crippen LogP contribution in [0.3, 0.4) is 0 Å². The van der Waals surface area contributed by atoms with Gasteiger partial charge >= 0.3 is 0 Å². The van der Waals surface area contributed by atoms with Crippen LogP contribution >= 0.6 is 23.2 Å². The lowest BCUT2D eigenvalue weighted by atomic mass is 9.74. The summed E-state index contributed by atoms with van der Waals surface area (Å²) in [4.78, 5) is 11.1. The van der Waals surface area contributed by atoms with E-state index in [9.17, 15) is 8.42 Å². The number of halogens is 2. The maximum absolute atomic E-state index is 11.8. The van der Waals surface area contributed by atoms with Gasteiger partial charge in [-0.25, -0.2) is 17.7 Å². The topological polar surface area (TPSA) is 126 Å². The van der Waals surface area contributed by atoms with Gasteiger partial charge in [-0.3, -0.25) is 10.1 Å². The van der Waals surface area contributed by atoms with Gasteiger partial charge in [0, 0.05) is 84.9 Å². The number of methoxy groups -OCH3 is 1. The summed E-state index contributed by atoms with van der Waals surface area (Å²) >= 11 is 12.7. The molecule has 6 rings (SSSR count). The van der Waals surface area contributed by atoms with Crippen molar-refractivity contribution >= 4 is 49.9 Å². The Bertz CT molecular complexity index is 1750. The molecule has 222 valence electrons. The van der Waals surface area contributed by atoms with Crippen molar-refractivity contribution < 1.29 is 17.9 Å². The number of anilines is 1. The zero-order chi connectivity index (χ0) is 29.8. The van der Waals surface area contributed by atoms with Crippen molar-refractivity contribution in [3.8, 4) is 22.8 Å². The van der Waals surface area contributed by atoms with Gasteiger partial charge in [0.15, 0.2) is 11.5 Å². The second-order valence-electron chi connectivity index (χ2n) is 11.0. The van der Waals surface area contributed by atoms with Gasteiger partial charge in [-0.15, -0.1) is 0 Å². The Labute approximate surface area is 254 Å². The van der Waals surface area contributed by atoms with Gasteiger partial charge in [0.05, 0.1) is 28.9 Å². The number of rotatable bonds is 9. The molecular formula is C28H31Cl2N7O4S. The molecular weight excluding hydrogens is 601 g/mol. The Hall–Kier alpha value is -3.16. The molecule has 2 N–H and O–H groups in total. The summed E-state index contributed by atoms with van der Waals surface area (Å²) in [6, 6.07) is 5.83. The Kier molecular flexibility index (Phi) is 7.47. The predicted molar refractivity (Wildman–Crippen MR) is 163 cm³/mol. The molecule has 3 aromatic heterocycles. The molecule has 4 aromatic rings. The highest BCUT2D eigenvalue weighted by atomic mass is 35.5. The van der Waals surface area contributed by atoms with E-state index in [1.165, 1.54) is 23.0 Å². The lowest BCUT2D eigenvalue weighted by molar-refractivity contribution is 0.0394. The van der Waals surface area contributed by atoms with Gasteiger partial charge in [-0.1, -0.05) is 23.2 Å². The number of nitrogens with one attached hydrogen (secondary N) is 2. The summed E-state index contributed by atoms with van der Waals surface area (Å²) in [6.07, 6.45) is 5.68. The summed E-state index contributed by atoms with van der Waals surface area (Å²) in [5, 5.41) is 12.6. The van der Waals surface area contributed by atoms with Gasteiger partial charge in [-0.05, 0) is 26.1 Å². The summed E-state index contributed by atoms with van der Waals surface area (Å²) in [5.41, 5.74) is 4.03. The molecule has 1 aromatic carbocycles. The van der Waals surface area contributed by atoms with Crippen LogP contribution in [0.25, 0.3) is 22.2 Å². The minimum atomic E-state index is -3.15. The average Bonchev–Trinajstić information content (AvgIpc) is 3.29. The number of sulfonamides is 1. The first-order valence-electron chi connectivity index (χ1n) is 13.4. The highest BCUT2D eigenvalue weighted by molar-refractivity contribution is 7.88. The normalized spacial score (nSPS) is 17.2. The molecule has 0 radical (unpaired) electrons. The van der Waals surface area contributed by atoms with Crippen LogP contribution in [0.15, 0.2) is 36.8 Å². The third-order valence-electron chi connectivity index (χ3n) is 7.88. The molecule has 0 unspecified atom stereocenters. The largest absolute Gasteiger partial charge is 0.493 e. The lowest BCUT2D eigenvalue weighted by Gasteiger charge is -2.59.